The number of allylic oxidation sites excluding steroid dienone is 2. The summed E-state index contributed by atoms with van der Waals surface area (Å²) in [5.41, 5.74) is 1.30. The minimum absolute atomic E-state index is 0.00468. The minimum atomic E-state index is -4.54. The Morgan fingerprint density at radius 2 is 1.73 bits per heavy atom. The van der Waals surface area contributed by atoms with E-state index < -0.39 is 29.5 Å². The summed E-state index contributed by atoms with van der Waals surface area (Å²) in [4.78, 5) is 26.3. The molecule has 0 unspecified atom stereocenters. The molecular weight excluding hydrogens is 553 g/mol. The molecule has 11 heteroatoms. The SMILES string of the molecule is COc1ccccc1NC(=O)C1=C(C)NC(SCC(=O)Nc2cccc(C(F)(F)F)c2)=C(C#N)[C@@H]1c1ccccc1. The summed E-state index contributed by atoms with van der Waals surface area (Å²) in [5, 5.41) is 19.0. The first-order chi connectivity index (χ1) is 19.6. The summed E-state index contributed by atoms with van der Waals surface area (Å²) < 4.78 is 44.5. The topological polar surface area (TPSA) is 103 Å². The third-order valence-corrected chi connectivity index (χ3v) is 7.22. The van der Waals surface area contributed by atoms with Gasteiger partial charge in [0.05, 0.1) is 46.7 Å². The monoisotopic (exact) mass is 578 g/mol. The van der Waals surface area contributed by atoms with Crippen LogP contribution in [-0.4, -0.2) is 24.7 Å². The van der Waals surface area contributed by atoms with Gasteiger partial charge in [-0.2, -0.15) is 18.4 Å². The molecule has 0 saturated carbocycles. The summed E-state index contributed by atoms with van der Waals surface area (Å²) in [5.74, 6) is -1.46. The molecule has 1 heterocycles. The van der Waals surface area contributed by atoms with E-state index in [1.807, 2.05) is 6.07 Å². The summed E-state index contributed by atoms with van der Waals surface area (Å²) >= 11 is 1.02. The van der Waals surface area contributed by atoms with Crippen LogP contribution in [0.2, 0.25) is 0 Å². The van der Waals surface area contributed by atoms with Crippen molar-refractivity contribution in [3.63, 3.8) is 0 Å². The summed E-state index contributed by atoms with van der Waals surface area (Å²) in [6, 6.07) is 22.5. The highest BCUT2D eigenvalue weighted by Crippen LogP contribution is 2.41. The fraction of sp³-hybridized carbons (Fsp3) is 0.167. The maximum Gasteiger partial charge on any atom is 0.416 e. The van der Waals surface area contributed by atoms with E-state index in [9.17, 15) is 28.0 Å². The Kier molecular flexibility index (Phi) is 9.04. The van der Waals surface area contributed by atoms with Crippen LogP contribution in [0.15, 0.2) is 101 Å². The molecule has 1 atom stereocenters. The van der Waals surface area contributed by atoms with Gasteiger partial charge in [-0.3, -0.25) is 9.59 Å². The summed E-state index contributed by atoms with van der Waals surface area (Å²) in [6.07, 6.45) is -4.54. The highest BCUT2D eigenvalue weighted by atomic mass is 32.2. The zero-order valence-electron chi connectivity index (χ0n) is 22.0. The molecule has 0 aromatic heterocycles. The largest absolute Gasteiger partial charge is 0.495 e. The lowest BCUT2D eigenvalue weighted by atomic mass is 9.82. The molecule has 4 rings (SSSR count). The number of benzene rings is 3. The van der Waals surface area contributed by atoms with Gasteiger partial charge in [-0.15, -0.1) is 0 Å². The fourth-order valence-corrected chi connectivity index (χ4v) is 5.24. The van der Waals surface area contributed by atoms with Gasteiger partial charge in [0.25, 0.3) is 5.91 Å². The van der Waals surface area contributed by atoms with E-state index in [4.69, 9.17) is 4.74 Å². The number of carbonyl (C=O) groups is 2. The summed E-state index contributed by atoms with van der Waals surface area (Å²) in [6.45, 7) is 1.70. The molecule has 0 bridgehead atoms. The number of para-hydroxylation sites is 2. The first kappa shape index (κ1) is 29.3. The Hall–Kier alpha value is -4.69. The van der Waals surface area contributed by atoms with Crippen LogP contribution in [0.3, 0.4) is 0 Å². The van der Waals surface area contributed by atoms with Crippen molar-refractivity contribution in [3.8, 4) is 11.8 Å². The van der Waals surface area contributed by atoms with Crippen molar-refractivity contribution in [2.75, 3.05) is 23.5 Å². The van der Waals surface area contributed by atoms with Gasteiger partial charge in [-0.1, -0.05) is 60.3 Å². The number of nitrogens with zero attached hydrogens (tertiary/aromatic N) is 1. The van der Waals surface area contributed by atoms with Crippen LogP contribution in [0.25, 0.3) is 0 Å². The van der Waals surface area contributed by atoms with E-state index in [0.717, 1.165) is 23.9 Å². The molecule has 3 N–H and O–H groups in total. The van der Waals surface area contributed by atoms with Crippen LogP contribution in [-0.2, 0) is 15.8 Å². The quantitative estimate of drug-likeness (QED) is 0.285. The number of carbonyl (C=O) groups excluding carboxylic acids is 2. The Morgan fingerprint density at radius 1 is 1.02 bits per heavy atom. The molecule has 0 radical (unpaired) electrons. The number of hydrogen-bond acceptors (Lipinski definition) is 6. The predicted molar refractivity (Wildman–Crippen MR) is 152 cm³/mol. The molecule has 1 aliphatic rings. The third-order valence-electron chi connectivity index (χ3n) is 6.20. The van der Waals surface area contributed by atoms with Crippen molar-refractivity contribution in [1.29, 1.82) is 5.26 Å². The van der Waals surface area contributed by atoms with Gasteiger partial charge in [-0.05, 0) is 42.8 Å². The maximum atomic E-state index is 13.6. The predicted octanol–water partition coefficient (Wildman–Crippen LogP) is 6.42. The van der Waals surface area contributed by atoms with Gasteiger partial charge in [0.15, 0.2) is 0 Å². The second-order valence-corrected chi connectivity index (χ2v) is 9.92. The molecule has 210 valence electrons. The zero-order valence-corrected chi connectivity index (χ0v) is 22.8. The average molecular weight is 579 g/mol. The smallest absolute Gasteiger partial charge is 0.416 e. The number of halogens is 3. The molecule has 0 spiro atoms. The van der Waals surface area contributed by atoms with Crippen molar-refractivity contribution in [2.45, 2.75) is 19.0 Å². The van der Waals surface area contributed by atoms with Crippen LogP contribution >= 0.6 is 11.8 Å². The number of dihydropyridines is 1. The Labute approximate surface area is 239 Å². The number of methoxy groups -OCH3 is 1. The third kappa shape index (κ3) is 6.91. The maximum absolute atomic E-state index is 13.6. The van der Waals surface area contributed by atoms with E-state index in [0.29, 0.717) is 33.3 Å². The number of hydrogen-bond donors (Lipinski definition) is 3. The highest BCUT2D eigenvalue weighted by molar-refractivity contribution is 8.03. The minimum Gasteiger partial charge on any atom is -0.495 e. The molecule has 0 saturated heterocycles. The molecule has 1 aliphatic heterocycles. The molecule has 2 amide bonds. The van der Waals surface area contributed by atoms with Gasteiger partial charge >= 0.3 is 6.18 Å². The van der Waals surface area contributed by atoms with Gasteiger partial charge in [0.1, 0.15) is 5.75 Å². The second-order valence-electron chi connectivity index (χ2n) is 8.93. The van der Waals surface area contributed by atoms with Crippen molar-refractivity contribution in [3.05, 3.63) is 112 Å². The zero-order chi connectivity index (χ0) is 29.6. The highest BCUT2D eigenvalue weighted by Gasteiger charge is 2.35. The fourth-order valence-electron chi connectivity index (χ4n) is 4.35. The molecule has 7 nitrogen and oxygen atoms in total. The lowest BCUT2D eigenvalue weighted by molar-refractivity contribution is -0.137. The van der Waals surface area contributed by atoms with Crippen LogP contribution in [0.4, 0.5) is 24.5 Å². The van der Waals surface area contributed by atoms with Crippen LogP contribution in [0.1, 0.15) is 24.0 Å². The number of anilines is 2. The number of nitrogens with one attached hydrogen (secondary N) is 3. The number of alkyl halides is 3. The van der Waals surface area contributed by atoms with E-state index in [1.165, 1.54) is 19.2 Å². The molecule has 3 aromatic carbocycles. The number of nitriles is 1. The standard InChI is InChI=1S/C30H25F3N4O3S/c1-18-26(28(39)37-23-13-6-7-14-24(23)40-2)27(19-9-4-3-5-10-19)22(16-34)29(35-18)41-17-25(38)36-21-12-8-11-20(15-21)30(31,32)33/h3-15,27,35H,17H2,1-2H3,(H,36,38)(H,37,39)/t27-/m0/s1. The van der Waals surface area contributed by atoms with Crippen molar-refractivity contribution in [1.82, 2.24) is 5.32 Å². The van der Waals surface area contributed by atoms with Crippen LogP contribution in [0, 0.1) is 11.3 Å². The molecule has 0 aliphatic carbocycles. The van der Waals surface area contributed by atoms with E-state index in [1.54, 1.807) is 55.5 Å². The average Bonchev–Trinajstić information content (AvgIpc) is 2.96. The molecular formula is C30H25F3N4O3S. The first-order valence-electron chi connectivity index (χ1n) is 12.3. The first-order valence-corrected chi connectivity index (χ1v) is 13.3. The Morgan fingerprint density at radius 3 is 2.41 bits per heavy atom. The summed E-state index contributed by atoms with van der Waals surface area (Å²) in [7, 11) is 1.49. The Bertz CT molecular complexity index is 1560. The van der Waals surface area contributed by atoms with Crippen molar-refractivity contribution >= 4 is 35.0 Å². The molecule has 0 fully saturated rings. The van der Waals surface area contributed by atoms with E-state index >= 15 is 0 Å². The number of rotatable bonds is 8. The van der Waals surface area contributed by atoms with Gasteiger partial charge in [0.2, 0.25) is 5.91 Å². The van der Waals surface area contributed by atoms with Gasteiger partial charge < -0.3 is 20.7 Å². The number of ether oxygens (including phenoxy) is 1. The number of amides is 2. The molecule has 41 heavy (non-hydrogen) atoms. The van der Waals surface area contributed by atoms with Gasteiger partial charge in [0, 0.05) is 17.0 Å². The van der Waals surface area contributed by atoms with E-state index in [-0.39, 0.29) is 17.0 Å². The van der Waals surface area contributed by atoms with E-state index in [2.05, 4.69) is 22.0 Å². The van der Waals surface area contributed by atoms with Crippen LogP contribution in [0.5, 0.6) is 5.75 Å². The lowest BCUT2D eigenvalue weighted by Gasteiger charge is -2.30. The van der Waals surface area contributed by atoms with Crippen molar-refractivity contribution < 1.29 is 27.5 Å². The molecule has 3 aromatic rings. The Balaban J connectivity index is 1.59. The number of thioether (sulfide) groups is 1. The van der Waals surface area contributed by atoms with Crippen molar-refractivity contribution in [2.24, 2.45) is 0 Å². The normalized spacial score (nSPS) is 15.1. The lowest BCUT2D eigenvalue weighted by Crippen LogP contribution is -2.31. The second kappa shape index (κ2) is 12.7. The van der Waals surface area contributed by atoms with Gasteiger partial charge in [-0.25, -0.2) is 0 Å². The van der Waals surface area contributed by atoms with Crippen LogP contribution < -0.4 is 20.7 Å².